The van der Waals surface area contributed by atoms with Gasteiger partial charge in [-0.2, -0.15) is 0 Å². The number of imidazole rings is 1. The van der Waals surface area contributed by atoms with E-state index in [4.69, 9.17) is 5.73 Å². The summed E-state index contributed by atoms with van der Waals surface area (Å²) >= 11 is 1.56. The average Bonchev–Trinajstić information content (AvgIpc) is 3.02. The van der Waals surface area contributed by atoms with Gasteiger partial charge in [0.1, 0.15) is 5.65 Å². The summed E-state index contributed by atoms with van der Waals surface area (Å²) in [6.07, 6.45) is 3.99. The van der Waals surface area contributed by atoms with E-state index in [9.17, 15) is 0 Å². The Labute approximate surface area is 113 Å². The molecule has 0 atom stereocenters. The molecule has 3 aromatic heterocycles. The predicted molar refractivity (Wildman–Crippen MR) is 71.6 cm³/mol. The summed E-state index contributed by atoms with van der Waals surface area (Å²) in [5, 5.41) is 12.3. The highest BCUT2D eigenvalue weighted by Gasteiger charge is 2.08. The number of hydrogen-bond acceptors (Lipinski definition) is 6. The fraction of sp³-hybridized carbons (Fsp3) is 0.273. The Morgan fingerprint density at radius 3 is 3.11 bits per heavy atom. The van der Waals surface area contributed by atoms with Crippen LogP contribution in [0.1, 0.15) is 5.69 Å². The van der Waals surface area contributed by atoms with E-state index < -0.39 is 0 Å². The standard InChI is InChI=1S/C11H13N7S/c12-4-6-18-11(14-15-16-18)19-8-9-7-17-5-2-1-3-10(17)13-9/h1-3,5,7H,4,6,8,12H2. The van der Waals surface area contributed by atoms with E-state index in [1.54, 1.807) is 16.4 Å². The molecule has 2 N–H and O–H groups in total. The lowest BCUT2D eigenvalue weighted by Gasteiger charge is -2.00. The van der Waals surface area contributed by atoms with Gasteiger partial charge in [0.15, 0.2) is 0 Å². The van der Waals surface area contributed by atoms with Crippen LogP contribution in [0.3, 0.4) is 0 Å². The van der Waals surface area contributed by atoms with Crippen LogP contribution in [-0.2, 0) is 12.3 Å². The molecule has 0 amide bonds. The van der Waals surface area contributed by atoms with Crippen LogP contribution in [0.15, 0.2) is 35.7 Å². The van der Waals surface area contributed by atoms with Crippen molar-refractivity contribution >= 4 is 17.4 Å². The van der Waals surface area contributed by atoms with Crippen molar-refractivity contribution in [2.75, 3.05) is 6.54 Å². The van der Waals surface area contributed by atoms with Crippen LogP contribution >= 0.6 is 11.8 Å². The molecular weight excluding hydrogens is 262 g/mol. The van der Waals surface area contributed by atoms with Gasteiger partial charge in [0.25, 0.3) is 0 Å². The molecule has 3 rings (SSSR count). The summed E-state index contributed by atoms with van der Waals surface area (Å²) in [6, 6.07) is 5.93. The van der Waals surface area contributed by atoms with E-state index >= 15 is 0 Å². The summed E-state index contributed by atoms with van der Waals surface area (Å²) in [4.78, 5) is 4.53. The van der Waals surface area contributed by atoms with Crippen molar-refractivity contribution < 1.29 is 0 Å². The molecular formula is C11H13N7S. The van der Waals surface area contributed by atoms with E-state index in [0.717, 1.165) is 22.3 Å². The van der Waals surface area contributed by atoms with Crippen molar-refractivity contribution in [1.29, 1.82) is 0 Å². The van der Waals surface area contributed by atoms with Crippen LogP contribution in [0, 0.1) is 0 Å². The fourth-order valence-electron chi connectivity index (χ4n) is 1.76. The Kier molecular flexibility index (Phi) is 3.43. The summed E-state index contributed by atoms with van der Waals surface area (Å²) in [6.45, 7) is 1.15. The van der Waals surface area contributed by atoms with Crippen molar-refractivity contribution in [3.05, 3.63) is 36.3 Å². The maximum atomic E-state index is 5.51. The van der Waals surface area contributed by atoms with E-state index in [1.807, 2.05) is 35.0 Å². The molecule has 0 radical (unpaired) electrons. The number of pyridine rings is 1. The Balaban J connectivity index is 1.73. The topological polar surface area (TPSA) is 86.9 Å². The smallest absolute Gasteiger partial charge is 0.209 e. The maximum Gasteiger partial charge on any atom is 0.209 e. The molecule has 0 saturated heterocycles. The number of nitrogens with zero attached hydrogens (tertiary/aromatic N) is 6. The fourth-order valence-corrected chi connectivity index (χ4v) is 2.54. The van der Waals surface area contributed by atoms with Crippen LogP contribution in [-0.4, -0.2) is 36.1 Å². The molecule has 0 fully saturated rings. The van der Waals surface area contributed by atoms with Gasteiger partial charge in [-0.1, -0.05) is 17.8 Å². The number of nitrogens with two attached hydrogens (primary N) is 1. The van der Waals surface area contributed by atoms with Crippen LogP contribution in [0.2, 0.25) is 0 Å². The van der Waals surface area contributed by atoms with E-state index in [2.05, 4.69) is 20.5 Å². The Morgan fingerprint density at radius 1 is 1.32 bits per heavy atom. The molecule has 0 aliphatic carbocycles. The van der Waals surface area contributed by atoms with Gasteiger partial charge >= 0.3 is 0 Å². The predicted octanol–water partition coefficient (Wildman–Crippen LogP) is 0.572. The summed E-state index contributed by atoms with van der Waals surface area (Å²) in [7, 11) is 0. The van der Waals surface area contributed by atoms with Gasteiger partial charge in [-0.3, -0.25) is 0 Å². The summed E-state index contributed by atoms with van der Waals surface area (Å²) in [5.74, 6) is 0.729. The molecule has 0 aliphatic rings. The zero-order valence-electron chi connectivity index (χ0n) is 10.2. The first-order valence-electron chi connectivity index (χ1n) is 5.88. The molecule has 0 aromatic carbocycles. The zero-order valence-corrected chi connectivity index (χ0v) is 11.0. The largest absolute Gasteiger partial charge is 0.329 e. The van der Waals surface area contributed by atoms with Crippen LogP contribution < -0.4 is 5.73 Å². The van der Waals surface area contributed by atoms with E-state index in [0.29, 0.717) is 13.1 Å². The Morgan fingerprint density at radius 2 is 2.26 bits per heavy atom. The molecule has 19 heavy (non-hydrogen) atoms. The molecule has 0 saturated carbocycles. The number of rotatable bonds is 5. The molecule has 8 heteroatoms. The maximum absolute atomic E-state index is 5.51. The molecule has 98 valence electrons. The number of aromatic nitrogens is 6. The highest BCUT2D eigenvalue weighted by Crippen LogP contribution is 2.19. The third-order valence-corrected chi connectivity index (χ3v) is 3.59. The quantitative estimate of drug-likeness (QED) is 0.685. The Hall–Kier alpha value is -1.93. The molecule has 0 bridgehead atoms. The van der Waals surface area contributed by atoms with Crippen LogP contribution in [0.4, 0.5) is 0 Å². The number of fused-ring (bicyclic) bond motifs is 1. The van der Waals surface area contributed by atoms with E-state index in [1.165, 1.54) is 0 Å². The SMILES string of the molecule is NCCn1nnnc1SCc1cn2ccccc2n1. The molecule has 0 spiro atoms. The van der Waals surface area contributed by atoms with E-state index in [-0.39, 0.29) is 0 Å². The molecule has 0 aliphatic heterocycles. The third-order valence-electron chi connectivity index (χ3n) is 2.60. The highest BCUT2D eigenvalue weighted by atomic mass is 32.2. The zero-order chi connectivity index (χ0) is 13.1. The van der Waals surface area contributed by atoms with Crippen molar-refractivity contribution in [3.8, 4) is 0 Å². The number of thioether (sulfide) groups is 1. The first-order valence-corrected chi connectivity index (χ1v) is 6.87. The first kappa shape index (κ1) is 12.1. The lowest BCUT2D eigenvalue weighted by molar-refractivity contribution is 0.557. The second-order valence-electron chi connectivity index (χ2n) is 3.96. The van der Waals surface area contributed by atoms with Gasteiger partial charge in [0.05, 0.1) is 12.2 Å². The van der Waals surface area contributed by atoms with Crippen molar-refractivity contribution in [1.82, 2.24) is 29.6 Å². The van der Waals surface area contributed by atoms with Crippen molar-refractivity contribution in [2.24, 2.45) is 5.73 Å². The van der Waals surface area contributed by atoms with Gasteiger partial charge in [-0.15, -0.1) is 5.10 Å². The molecule has 3 heterocycles. The number of hydrogen-bond donors (Lipinski definition) is 1. The summed E-state index contributed by atoms with van der Waals surface area (Å²) in [5.41, 5.74) is 7.45. The van der Waals surface area contributed by atoms with Gasteiger partial charge in [0.2, 0.25) is 5.16 Å². The lowest BCUT2D eigenvalue weighted by atomic mass is 10.5. The minimum absolute atomic E-state index is 0.521. The minimum Gasteiger partial charge on any atom is -0.329 e. The van der Waals surface area contributed by atoms with Crippen molar-refractivity contribution in [2.45, 2.75) is 17.5 Å². The normalized spacial score (nSPS) is 11.2. The monoisotopic (exact) mass is 275 g/mol. The second-order valence-corrected chi connectivity index (χ2v) is 4.90. The van der Waals surface area contributed by atoms with Gasteiger partial charge in [-0.25, -0.2) is 9.67 Å². The molecule has 7 nitrogen and oxygen atoms in total. The van der Waals surface area contributed by atoms with Gasteiger partial charge < -0.3 is 10.1 Å². The van der Waals surface area contributed by atoms with Crippen LogP contribution in [0.25, 0.3) is 5.65 Å². The van der Waals surface area contributed by atoms with Crippen molar-refractivity contribution in [3.63, 3.8) is 0 Å². The number of tetrazole rings is 1. The van der Waals surface area contributed by atoms with Crippen LogP contribution in [0.5, 0.6) is 0 Å². The average molecular weight is 275 g/mol. The highest BCUT2D eigenvalue weighted by molar-refractivity contribution is 7.98. The molecule has 0 unspecified atom stereocenters. The minimum atomic E-state index is 0.521. The second kappa shape index (κ2) is 5.37. The third kappa shape index (κ3) is 2.59. The van der Waals surface area contributed by atoms with Gasteiger partial charge in [0, 0.05) is 24.7 Å². The van der Waals surface area contributed by atoms with Gasteiger partial charge in [-0.05, 0) is 22.6 Å². The molecule has 3 aromatic rings. The first-order chi connectivity index (χ1) is 9.36. The summed E-state index contributed by atoms with van der Waals surface area (Å²) < 4.78 is 3.71. The Bertz CT molecular complexity index is 641. The lowest BCUT2D eigenvalue weighted by Crippen LogP contribution is -2.12.